The van der Waals surface area contributed by atoms with Crippen molar-refractivity contribution in [1.29, 1.82) is 0 Å². The number of phenols is 1. The van der Waals surface area contributed by atoms with Crippen molar-refractivity contribution in [2.24, 2.45) is 0 Å². The summed E-state index contributed by atoms with van der Waals surface area (Å²) >= 11 is 1.67. The molecule has 0 spiro atoms. The van der Waals surface area contributed by atoms with Crippen LogP contribution >= 0.6 is 11.3 Å². The highest BCUT2D eigenvalue weighted by atomic mass is 32.1. The number of aromatic hydroxyl groups is 1. The first-order valence-electron chi connectivity index (χ1n) is 7.94. The second kappa shape index (κ2) is 5.89. The molecule has 0 aliphatic heterocycles. The van der Waals surface area contributed by atoms with Crippen molar-refractivity contribution in [1.82, 2.24) is 10.3 Å². The van der Waals surface area contributed by atoms with E-state index in [1.54, 1.807) is 17.4 Å². The third kappa shape index (κ3) is 2.35. The predicted molar refractivity (Wildman–Crippen MR) is 102 cm³/mol. The summed E-state index contributed by atoms with van der Waals surface area (Å²) in [5, 5.41) is 18.0. The van der Waals surface area contributed by atoms with Gasteiger partial charge < -0.3 is 10.4 Å². The Labute approximate surface area is 144 Å². The van der Waals surface area contributed by atoms with E-state index in [1.807, 2.05) is 19.3 Å². The first kappa shape index (κ1) is 15.1. The minimum atomic E-state index is 0.289. The van der Waals surface area contributed by atoms with E-state index in [9.17, 15) is 5.11 Å². The van der Waals surface area contributed by atoms with Crippen LogP contribution in [0.25, 0.3) is 32.1 Å². The van der Waals surface area contributed by atoms with E-state index in [0.29, 0.717) is 6.04 Å². The second-order valence-corrected chi connectivity index (χ2v) is 6.89. The molecule has 4 rings (SSSR count). The van der Waals surface area contributed by atoms with Crippen molar-refractivity contribution in [3.05, 3.63) is 59.6 Å². The summed E-state index contributed by atoms with van der Waals surface area (Å²) in [5.74, 6) is 0.289. The van der Waals surface area contributed by atoms with Crippen LogP contribution in [0.1, 0.15) is 18.5 Å². The summed E-state index contributed by atoms with van der Waals surface area (Å²) in [5.41, 5.74) is 3.99. The average Bonchev–Trinajstić information content (AvgIpc) is 3.10. The highest BCUT2D eigenvalue weighted by Crippen LogP contribution is 2.40. The molecule has 2 aromatic heterocycles. The van der Waals surface area contributed by atoms with Gasteiger partial charge in [0.2, 0.25) is 0 Å². The van der Waals surface area contributed by atoms with Gasteiger partial charge in [-0.15, -0.1) is 11.3 Å². The largest absolute Gasteiger partial charge is 0.507 e. The molecule has 24 heavy (non-hydrogen) atoms. The number of phenolic OH excluding ortho intramolecular Hbond substituents is 1. The number of nitrogens with zero attached hydrogens (tertiary/aromatic N) is 1. The van der Waals surface area contributed by atoms with E-state index in [4.69, 9.17) is 0 Å². The minimum absolute atomic E-state index is 0.289. The number of pyridine rings is 1. The molecule has 120 valence electrons. The lowest BCUT2D eigenvalue weighted by molar-refractivity contribution is 0.478. The molecule has 3 nitrogen and oxygen atoms in total. The molecule has 2 aromatic carbocycles. The molecule has 2 N–H and O–H groups in total. The number of aromatic nitrogens is 1. The van der Waals surface area contributed by atoms with Crippen molar-refractivity contribution in [2.45, 2.75) is 13.0 Å². The first-order chi connectivity index (χ1) is 11.7. The Kier molecular flexibility index (Phi) is 3.71. The molecule has 0 bridgehead atoms. The van der Waals surface area contributed by atoms with Gasteiger partial charge in [-0.2, -0.15) is 0 Å². The van der Waals surface area contributed by atoms with E-state index in [1.165, 1.54) is 5.56 Å². The third-order valence-corrected chi connectivity index (χ3v) is 5.43. The number of fused-ring (bicyclic) bond motifs is 3. The van der Waals surface area contributed by atoms with Gasteiger partial charge >= 0.3 is 0 Å². The molecule has 0 saturated heterocycles. The van der Waals surface area contributed by atoms with Gasteiger partial charge in [-0.3, -0.25) is 4.98 Å². The van der Waals surface area contributed by atoms with Crippen molar-refractivity contribution < 1.29 is 5.11 Å². The molecular formula is C20H18N2OS. The van der Waals surface area contributed by atoms with Gasteiger partial charge in [-0.05, 0) is 48.7 Å². The highest BCUT2D eigenvalue weighted by Gasteiger charge is 2.14. The van der Waals surface area contributed by atoms with Crippen molar-refractivity contribution in [2.75, 3.05) is 7.05 Å². The molecule has 2 heterocycles. The van der Waals surface area contributed by atoms with Crippen LogP contribution in [0.5, 0.6) is 5.75 Å². The fourth-order valence-electron chi connectivity index (χ4n) is 3.11. The molecule has 0 aliphatic rings. The molecule has 0 amide bonds. The Morgan fingerprint density at radius 3 is 2.62 bits per heavy atom. The van der Waals surface area contributed by atoms with Gasteiger partial charge in [0, 0.05) is 28.6 Å². The topological polar surface area (TPSA) is 45.1 Å². The van der Waals surface area contributed by atoms with Crippen LogP contribution in [-0.2, 0) is 0 Å². The van der Waals surface area contributed by atoms with Crippen LogP contribution in [0, 0.1) is 0 Å². The smallest absolute Gasteiger partial charge is 0.124 e. The monoisotopic (exact) mass is 334 g/mol. The highest BCUT2D eigenvalue weighted by molar-refractivity contribution is 7.17. The Hall–Kier alpha value is -2.43. The predicted octanol–water partition coefficient (Wildman–Crippen LogP) is 5.10. The summed E-state index contributed by atoms with van der Waals surface area (Å²) in [6.07, 6.45) is 1.90. The zero-order valence-corrected chi connectivity index (χ0v) is 14.4. The molecular weight excluding hydrogens is 316 g/mol. The normalized spacial score (nSPS) is 12.8. The summed E-state index contributed by atoms with van der Waals surface area (Å²) < 4.78 is 1.13. The Balaban J connectivity index is 1.98. The maximum atomic E-state index is 10.5. The van der Waals surface area contributed by atoms with Gasteiger partial charge in [0.05, 0.1) is 10.2 Å². The van der Waals surface area contributed by atoms with Gasteiger partial charge in [-0.1, -0.05) is 24.3 Å². The third-order valence-electron chi connectivity index (χ3n) is 4.58. The first-order valence-corrected chi connectivity index (χ1v) is 8.82. The van der Waals surface area contributed by atoms with Gasteiger partial charge in [0.15, 0.2) is 0 Å². The van der Waals surface area contributed by atoms with Crippen LogP contribution in [-0.4, -0.2) is 17.1 Å². The molecule has 1 atom stereocenters. The van der Waals surface area contributed by atoms with Crippen LogP contribution in [0.3, 0.4) is 0 Å². The van der Waals surface area contributed by atoms with Crippen LogP contribution in [0.4, 0.5) is 0 Å². The minimum Gasteiger partial charge on any atom is -0.507 e. The van der Waals surface area contributed by atoms with Crippen LogP contribution < -0.4 is 5.32 Å². The molecule has 0 unspecified atom stereocenters. The van der Waals surface area contributed by atoms with E-state index < -0.39 is 0 Å². The molecule has 0 saturated carbocycles. The van der Waals surface area contributed by atoms with E-state index in [0.717, 1.165) is 32.1 Å². The lowest BCUT2D eigenvalue weighted by Gasteiger charge is -2.13. The van der Waals surface area contributed by atoms with Gasteiger partial charge in [-0.25, -0.2) is 0 Å². The van der Waals surface area contributed by atoms with Crippen LogP contribution in [0.15, 0.2) is 54.0 Å². The Morgan fingerprint density at radius 2 is 1.88 bits per heavy atom. The van der Waals surface area contributed by atoms with E-state index in [-0.39, 0.29) is 5.75 Å². The number of hydrogen-bond donors (Lipinski definition) is 2. The summed E-state index contributed by atoms with van der Waals surface area (Å²) in [4.78, 5) is 4.56. The van der Waals surface area contributed by atoms with Crippen molar-refractivity contribution >= 4 is 32.3 Å². The Bertz CT molecular complexity index is 1020. The second-order valence-electron chi connectivity index (χ2n) is 5.94. The standard InChI is InChI=1S/C20H18N2OS/c1-12(21-2)13-3-5-14(6-4-13)19-17(23)8-7-16-20(19)15-9-10-24-18(15)11-22-16/h3-12,21,23H,1-2H3/t12-/m1/s1. The van der Waals surface area contributed by atoms with Gasteiger partial charge in [0.25, 0.3) is 0 Å². The zero-order valence-electron chi connectivity index (χ0n) is 13.6. The SMILES string of the molecule is CN[C@H](C)c1ccc(-c2c(O)ccc3ncc4sccc4c23)cc1. The average molecular weight is 334 g/mol. The van der Waals surface area contributed by atoms with Crippen molar-refractivity contribution in [3.8, 4) is 16.9 Å². The zero-order chi connectivity index (χ0) is 16.7. The molecule has 0 aliphatic carbocycles. The number of hydrogen-bond acceptors (Lipinski definition) is 4. The Morgan fingerprint density at radius 1 is 1.08 bits per heavy atom. The van der Waals surface area contributed by atoms with E-state index in [2.05, 4.69) is 52.9 Å². The summed E-state index contributed by atoms with van der Waals surface area (Å²) in [6.45, 7) is 2.13. The lowest BCUT2D eigenvalue weighted by Crippen LogP contribution is -2.11. The van der Waals surface area contributed by atoms with Gasteiger partial charge in [0.1, 0.15) is 5.75 Å². The fraction of sp³-hybridized carbons (Fsp3) is 0.150. The fourth-order valence-corrected chi connectivity index (χ4v) is 3.88. The number of rotatable bonds is 3. The molecule has 0 radical (unpaired) electrons. The summed E-state index contributed by atoms with van der Waals surface area (Å²) in [7, 11) is 1.95. The number of benzene rings is 2. The molecule has 4 heteroatoms. The van der Waals surface area contributed by atoms with Crippen LogP contribution in [0.2, 0.25) is 0 Å². The maximum Gasteiger partial charge on any atom is 0.124 e. The molecule has 0 fully saturated rings. The summed E-state index contributed by atoms with van der Waals surface area (Å²) in [6, 6.07) is 14.4. The number of thiophene rings is 1. The lowest BCUT2D eigenvalue weighted by atomic mass is 9.96. The quantitative estimate of drug-likeness (QED) is 0.548. The molecule has 4 aromatic rings. The van der Waals surface area contributed by atoms with E-state index >= 15 is 0 Å². The van der Waals surface area contributed by atoms with Crippen molar-refractivity contribution in [3.63, 3.8) is 0 Å². The number of nitrogens with one attached hydrogen (secondary N) is 1. The maximum absolute atomic E-state index is 10.5.